The predicted molar refractivity (Wildman–Crippen MR) is 118 cm³/mol. The van der Waals surface area contributed by atoms with Gasteiger partial charge in [-0.2, -0.15) is 0 Å². The second kappa shape index (κ2) is 7.65. The molecule has 4 fully saturated rings. The van der Waals surface area contributed by atoms with E-state index >= 15 is 0 Å². The van der Waals surface area contributed by atoms with Crippen LogP contribution in [0.25, 0.3) is 11.0 Å². The number of rotatable bonds is 7. The van der Waals surface area contributed by atoms with Crippen molar-refractivity contribution in [3.63, 3.8) is 0 Å². The van der Waals surface area contributed by atoms with Gasteiger partial charge in [-0.15, -0.1) is 10.2 Å². The number of carbonyl (C=O) groups excluding carboxylic acids is 1. The first-order chi connectivity index (χ1) is 15.1. The first kappa shape index (κ1) is 19.3. The number of aromatic amines is 1. The van der Waals surface area contributed by atoms with Crippen LogP contribution >= 0.6 is 11.8 Å². The number of carbonyl (C=O) groups is 1. The third-order valence-electron chi connectivity index (χ3n) is 7.23. The van der Waals surface area contributed by atoms with Crippen molar-refractivity contribution in [2.45, 2.75) is 62.1 Å². The van der Waals surface area contributed by atoms with Crippen LogP contribution in [0.1, 0.15) is 50.2 Å². The highest BCUT2D eigenvalue weighted by Gasteiger charge is 2.51. The number of hydrogen-bond donors (Lipinski definition) is 2. The summed E-state index contributed by atoms with van der Waals surface area (Å²) in [5, 5.41) is 12.1. The number of nitrogens with zero attached hydrogens (tertiary/aromatic N) is 3. The molecule has 0 aliphatic heterocycles. The quantitative estimate of drug-likeness (QED) is 0.544. The number of para-hydroxylation sites is 2. The summed E-state index contributed by atoms with van der Waals surface area (Å²) < 4.78 is 5.74. The minimum atomic E-state index is 0.0545. The highest BCUT2D eigenvalue weighted by atomic mass is 32.2. The molecule has 1 aromatic carbocycles. The van der Waals surface area contributed by atoms with E-state index in [4.69, 9.17) is 4.42 Å². The van der Waals surface area contributed by atoms with E-state index in [0.717, 1.165) is 34.6 Å². The smallest absolute Gasteiger partial charge is 0.277 e. The van der Waals surface area contributed by atoms with E-state index in [-0.39, 0.29) is 11.4 Å². The lowest BCUT2D eigenvalue weighted by molar-refractivity contribution is -0.124. The number of nitrogens with one attached hydrogen (secondary N) is 2. The molecular weight excluding hydrogens is 410 g/mol. The Bertz CT molecular complexity index is 1040. The van der Waals surface area contributed by atoms with Gasteiger partial charge in [-0.25, -0.2) is 4.98 Å². The number of benzene rings is 1. The molecule has 31 heavy (non-hydrogen) atoms. The number of fused-ring (bicyclic) bond motifs is 1. The Morgan fingerprint density at radius 3 is 2.58 bits per heavy atom. The summed E-state index contributed by atoms with van der Waals surface area (Å²) in [4.78, 5) is 20.6. The van der Waals surface area contributed by atoms with Gasteiger partial charge in [-0.1, -0.05) is 23.9 Å². The van der Waals surface area contributed by atoms with Crippen LogP contribution in [0, 0.1) is 17.8 Å². The van der Waals surface area contributed by atoms with Crippen LogP contribution in [-0.4, -0.2) is 37.4 Å². The molecule has 0 radical (unpaired) electrons. The van der Waals surface area contributed by atoms with Crippen molar-refractivity contribution >= 4 is 28.7 Å². The number of thioether (sulfide) groups is 1. The van der Waals surface area contributed by atoms with Crippen molar-refractivity contribution in [2.24, 2.45) is 17.8 Å². The standard InChI is InChI=1S/C23H27N5O2S/c29-20(26-23-10-14-7-15(11-23)9-16(8-14)12-23)13-31-22-28-27-21(30-22)6-5-19-24-17-3-1-2-4-18(17)25-19/h1-4,14-16H,5-13H2,(H,24,25)(H,26,29). The van der Waals surface area contributed by atoms with E-state index in [9.17, 15) is 4.79 Å². The molecule has 0 unspecified atom stereocenters. The van der Waals surface area contributed by atoms with E-state index in [1.54, 1.807) is 0 Å². The Morgan fingerprint density at radius 1 is 1.10 bits per heavy atom. The van der Waals surface area contributed by atoms with E-state index < -0.39 is 0 Å². The Balaban J connectivity index is 1.01. The average Bonchev–Trinajstić information content (AvgIpc) is 3.35. The van der Waals surface area contributed by atoms with Gasteiger partial charge < -0.3 is 14.7 Å². The molecule has 7 rings (SSSR count). The summed E-state index contributed by atoms with van der Waals surface area (Å²) in [5.41, 5.74) is 2.05. The van der Waals surface area contributed by atoms with Crippen LogP contribution in [0.2, 0.25) is 0 Å². The van der Waals surface area contributed by atoms with Crippen LogP contribution in [0.3, 0.4) is 0 Å². The molecule has 0 spiro atoms. The van der Waals surface area contributed by atoms with Gasteiger partial charge >= 0.3 is 0 Å². The van der Waals surface area contributed by atoms with E-state index in [1.165, 1.54) is 50.3 Å². The van der Waals surface area contributed by atoms with Gasteiger partial charge in [0, 0.05) is 18.4 Å². The van der Waals surface area contributed by atoms with Gasteiger partial charge in [-0.05, 0) is 68.4 Å². The van der Waals surface area contributed by atoms with Crippen LogP contribution in [0.15, 0.2) is 33.9 Å². The molecule has 0 saturated heterocycles. The number of aryl methyl sites for hydroxylation is 2. The zero-order valence-electron chi connectivity index (χ0n) is 17.5. The lowest BCUT2D eigenvalue weighted by atomic mass is 9.53. The van der Waals surface area contributed by atoms with Crippen molar-refractivity contribution in [1.29, 1.82) is 0 Å². The van der Waals surface area contributed by atoms with E-state index in [1.807, 2.05) is 24.3 Å². The van der Waals surface area contributed by atoms with Gasteiger partial charge in [0.15, 0.2) is 0 Å². The molecule has 4 bridgehead atoms. The maximum atomic E-state index is 12.7. The number of aromatic nitrogens is 4. The number of H-pyrrole nitrogens is 1. The molecule has 2 heterocycles. The molecule has 162 valence electrons. The van der Waals surface area contributed by atoms with E-state index in [2.05, 4.69) is 25.5 Å². The molecule has 8 heteroatoms. The first-order valence-corrected chi connectivity index (χ1v) is 12.3. The van der Waals surface area contributed by atoms with Gasteiger partial charge in [0.05, 0.1) is 16.8 Å². The van der Waals surface area contributed by atoms with Crippen molar-refractivity contribution < 1.29 is 9.21 Å². The summed E-state index contributed by atoms with van der Waals surface area (Å²) in [6.07, 6.45) is 8.96. The summed E-state index contributed by atoms with van der Waals surface area (Å²) in [5.74, 6) is 4.37. The molecule has 7 nitrogen and oxygen atoms in total. The molecule has 4 saturated carbocycles. The molecule has 2 N–H and O–H groups in total. The minimum Gasteiger partial charge on any atom is -0.416 e. The molecule has 2 aromatic heterocycles. The number of imidazole rings is 1. The average molecular weight is 438 g/mol. The molecular formula is C23H27N5O2S. The number of amides is 1. The lowest BCUT2D eigenvalue weighted by Gasteiger charge is -2.56. The largest absolute Gasteiger partial charge is 0.416 e. The maximum absolute atomic E-state index is 12.7. The summed E-state index contributed by atoms with van der Waals surface area (Å²) in [6, 6.07) is 7.98. The fourth-order valence-corrected chi connectivity index (χ4v) is 7.05. The van der Waals surface area contributed by atoms with Gasteiger partial charge in [0.1, 0.15) is 5.82 Å². The second-order valence-corrected chi connectivity index (χ2v) is 10.6. The zero-order valence-corrected chi connectivity index (χ0v) is 18.3. The summed E-state index contributed by atoms with van der Waals surface area (Å²) in [6.45, 7) is 0. The first-order valence-electron chi connectivity index (χ1n) is 11.3. The SMILES string of the molecule is O=C(CSc1nnc(CCc2nc3ccccc3[nH]2)o1)NC12CC3CC(CC(C3)C1)C2. The van der Waals surface area contributed by atoms with Crippen LogP contribution in [0.5, 0.6) is 0 Å². The molecule has 4 aliphatic rings. The highest BCUT2D eigenvalue weighted by molar-refractivity contribution is 7.99. The topological polar surface area (TPSA) is 96.7 Å². The monoisotopic (exact) mass is 437 g/mol. The Kier molecular flexibility index (Phi) is 4.78. The Hall–Kier alpha value is -2.35. The predicted octanol–water partition coefficient (Wildman–Crippen LogP) is 3.91. The normalized spacial score (nSPS) is 29.0. The van der Waals surface area contributed by atoms with Crippen molar-refractivity contribution in [2.75, 3.05) is 5.75 Å². The Labute approximate surface area is 185 Å². The van der Waals surface area contributed by atoms with Gasteiger partial charge in [0.25, 0.3) is 5.22 Å². The Morgan fingerprint density at radius 2 is 1.84 bits per heavy atom. The molecule has 3 aromatic rings. The van der Waals surface area contributed by atoms with Crippen molar-refractivity contribution in [3.05, 3.63) is 36.0 Å². The molecule has 4 aliphatic carbocycles. The van der Waals surface area contributed by atoms with Crippen molar-refractivity contribution in [1.82, 2.24) is 25.5 Å². The van der Waals surface area contributed by atoms with Crippen molar-refractivity contribution in [3.8, 4) is 0 Å². The van der Waals surface area contributed by atoms with Gasteiger partial charge in [0.2, 0.25) is 11.8 Å². The van der Waals surface area contributed by atoms with Crippen LogP contribution in [0.4, 0.5) is 0 Å². The minimum absolute atomic E-state index is 0.0545. The maximum Gasteiger partial charge on any atom is 0.277 e. The lowest BCUT2D eigenvalue weighted by Crippen LogP contribution is -2.60. The van der Waals surface area contributed by atoms with Crippen LogP contribution < -0.4 is 5.32 Å². The van der Waals surface area contributed by atoms with Gasteiger partial charge in [-0.3, -0.25) is 4.79 Å². The zero-order chi connectivity index (χ0) is 20.8. The summed E-state index contributed by atoms with van der Waals surface area (Å²) >= 11 is 1.33. The third kappa shape index (κ3) is 3.97. The highest BCUT2D eigenvalue weighted by Crippen LogP contribution is 2.55. The second-order valence-electron chi connectivity index (χ2n) is 9.70. The third-order valence-corrected chi connectivity index (χ3v) is 8.05. The van der Waals surface area contributed by atoms with E-state index in [0.29, 0.717) is 29.7 Å². The summed E-state index contributed by atoms with van der Waals surface area (Å²) in [7, 11) is 0. The van der Waals surface area contributed by atoms with Crippen LogP contribution in [-0.2, 0) is 17.6 Å². The fraction of sp³-hybridized carbons (Fsp3) is 0.565. The molecule has 1 amide bonds. The fourth-order valence-electron chi connectivity index (χ4n) is 6.47. The molecule has 0 atom stereocenters. The number of hydrogen-bond acceptors (Lipinski definition) is 6.